The highest BCUT2D eigenvalue weighted by atomic mass is 32.1. The van der Waals surface area contributed by atoms with Crippen molar-refractivity contribution in [2.75, 3.05) is 5.32 Å². The van der Waals surface area contributed by atoms with Gasteiger partial charge in [-0.25, -0.2) is 22.4 Å². The molecule has 92 valence electrons. The van der Waals surface area contributed by atoms with Gasteiger partial charge in [0.25, 0.3) is 0 Å². The predicted molar refractivity (Wildman–Crippen MR) is 53.6 cm³/mol. The van der Waals surface area contributed by atoms with Crippen LogP contribution in [-0.2, 0) is 0 Å². The van der Waals surface area contributed by atoms with E-state index in [0.29, 0.717) is 0 Å². The second kappa shape index (κ2) is 4.53. The van der Waals surface area contributed by atoms with Crippen molar-refractivity contribution >= 4 is 29.0 Å². The zero-order valence-corrected chi connectivity index (χ0v) is 8.67. The van der Waals surface area contributed by atoms with Crippen LogP contribution >= 0.6 is 12.2 Å². The summed E-state index contributed by atoms with van der Waals surface area (Å²) in [6.45, 7) is 0. The second-order valence-corrected chi connectivity index (χ2v) is 3.24. The summed E-state index contributed by atoms with van der Waals surface area (Å²) in [5.41, 5.74) is 1.88. The zero-order chi connectivity index (χ0) is 13.3. The number of carbonyl (C=O) groups is 1. The van der Waals surface area contributed by atoms with Crippen LogP contribution in [0.3, 0.4) is 0 Å². The molecule has 17 heavy (non-hydrogen) atoms. The first kappa shape index (κ1) is 13.2. The van der Waals surface area contributed by atoms with Crippen molar-refractivity contribution in [1.29, 1.82) is 0 Å². The van der Waals surface area contributed by atoms with Crippen LogP contribution in [0.25, 0.3) is 0 Å². The first-order valence-corrected chi connectivity index (χ1v) is 4.33. The molecule has 1 aromatic rings. The third kappa shape index (κ3) is 2.28. The number of benzene rings is 1. The molecule has 0 aliphatic rings. The normalized spacial score (nSPS) is 10.1. The standard InChI is InChI=1S/C8H4F4N2O2S/c9-2-1(7(15)16)3(10)5(12)6(4(2)11)14-8(13)17/h(H,15,16)(H3,13,14,17). The molecule has 0 spiro atoms. The fraction of sp³-hybridized carbons (Fsp3) is 0. The average Bonchev–Trinajstić information content (AvgIpc) is 2.21. The number of nitrogens with one attached hydrogen (secondary N) is 1. The van der Waals surface area contributed by atoms with Gasteiger partial charge in [0.15, 0.2) is 28.4 Å². The lowest BCUT2D eigenvalue weighted by Gasteiger charge is -2.10. The van der Waals surface area contributed by atoms with Gasteiger partial charge in [-0.15, -0.1) is 0 Å². The topological polar surface area (TPSA) is 75.3 Å². The summed E-state index contributed by atoms with van der Waals surface area (Å²) in [6, 6.07) is 0. The van der Waals surface area contributed by atoms with E-state index in [1.54, 1.807) is 5.32 Å². The smallest absolute Gasteiger partial charge is 0.341 e. The van der Waals surface area contributed by atoms with Crippen LogP contribution in [0.4, 0.5) is 23.2 Å². The minimum absolute atomic E-state index is 0.635. The Hall–Kier alpha value is -1.90. The number of carboxylic acids is 1. The maximum Gasteiger partial charge on any atom is 0.341 e. The lowest BCUT2D eigenvalue weighted by molar-refractivity contribution is 0.0683. The summed E-state index contributed by atoms with van der Waals surface area (Å²) in [6.07, 6.45) is 0. The highest BCUT2D eigenvalue weighted by Gasteiger charge is 2.29. The van der Waals surface area contributed by atoms with Gasteiger partial charge in [-0.1, -0.05) is 0 Å². The van der Waals surface area contributed by atoms with E-state index in [1.807, 2.05) is 0 Å². The molecule has 0 unspecified atom stereocenters. The zero-order valence-electron chi connectivity index (χ0n) is 7.85. The van der Waals surface area contributed by atoms with Gasteiger partial charge in [0.2, 0.25) is 0 Å². The molecule has 1 rings (SSSR count). The summed E-state index contributed by atoms with van der Waals surface area (Å²) < 4.78 is 52.6. The Balaban J connectivity index is 3.58. The third-order valence-corrected chi connectivity index (χ3v) is 1.83. The molecule has 0 radical (unpaired) electrons. The molecule has 0 heterocycles. The molecule has 1 aromatic carbocycles. The van der Waals surface area contributed by atoms with Crippen LogP contribution < -0.4 is 11.1 Å². The number of hydrogen-bond donors (Lipinski definition) is 3. The van der Waals surface area contributed by atoms with Crippen molar-refractivity contribution < 1.29 is 27.5 Å². The van der Waals surface area contributed by atoms with E-state index < -0.39 is 45.6 Å². The maximum atomic E-state index is 13.2. The molecule has 0 amide bonds. The van der Waals surface area contributed by atoms with Crippen LogP contribution in [0.15, 0.2) is 0 Å². The molecule has 0 aromatic heterocycles. The van der Waals surface area contributed by atoms with Crippen LogP contribution in [-0.4, -0.2) is 16.2 Å². The summed E-state index contributed by atoms with van der Waals surface area (Å²) in [5, 5.41) is 9.42. The van der Waals surface area contributed by atoms with E-state index >= 15 is 0 Å². The summed E-state index contributed by atoms with van der Waals surface area (Å²) >= 11 is 4.24. The van der Waals surface area contributed by atoms with Crippen molar-refractivity contribution in [3.63, 3.8) is 0 Å². The molecule has 0 saturated heterocycles. The quantitative estimate of drug-likeness (QED) is 0.431. The molecule has 0 aliphatic carbocycles. The molecule has 0 bridgehead atoms. The van der Waals surface area contributed by atoms with Gasteiger partial charge in [-0.3, -0.25) is 0 Å². The highest BCUT2D eigenvalue weighted by Crippen LogP contribution is 2.27. The predicted octanol–water partition coefficient (Wildman–Crippen LogP) is 1.60. The van der Waals surface area contributed by atoms with Crippen molar-refractivity contribution in [2.24, 2.45) is 5.73 Å². The Morgan fingerprint density at radius 3 is 1.82 bits per heavy atom. The lowest BCUT2D eigenvalue weighted by Crippen LogP contribution is -2.22. The number of rotatable bonds is 2. The van der Waals surface area contributed by atoms with E-state index in [0.717, 1.165) is 0 Å². The molecule has 0 aliphatic heterocycles. The third-order valence-electron chi connectivity index (χ3n) is 1.73. The number of nitrogens with two attached hydrogens (primary N) is 1. The van der Waals surface area contributed by atoms with Gasteiger partial charge >= 0.3 is 5.97 Å². The Kier molecular flexibility index (Phi) is 3.51. The van der Waals surface area contributed by atoms with Crippen molar-refractivity contribution in [1.82, 2.24) is 0 Å². The van der Waals surface area contributed by atoms with Gasteiger partial charge in [-0.2, -0.15) is 0 Å². The highest BCUT2D eigenvalue weighted by molar-refractivity contribution is 7.80. The number of carboxylic acid groups (broad SMARTS) is 1. The first-order chi connectivity index (χ1) is 7.77. The van der Waals surface area contributed by atoms with E-state index in [-0.39, 0.29) is 0 Å². The monoisotopic (exact) mass is 268 g/mol. The van der Waals surface area contributed by atoms with E-state index in [9.17, 15) is 22.4 Å². The molecule has 4 N–H and O–H groups in total. The minimum Gasteiger partial charge on any atom is -0.477 e. The van der Waals surface area contributed by atoms with E-state index in [4.69, 9.17) is 10.8 Å². The van der Waals surface area contributed by atoms with E-state index in [1.165, 1.54) is 0 Å². The molecule has 9 heteroatoms. The fourth-order valence-corrected chi connectivity index (χ4v) is 1.15. The Morgan fingerprint density at radius 2 is 1.53 bits per heavy atom. The number of aromatic carboxylic acids is 1. The van der Waals surface area contributed by atoms with Crippen LogP contribution in [0.5, 0.6) is 0 Å². The maximum absolute atomic E-state index is 13.2. The molecule has 0 fully saturated rings. The van der Waals surface area contributed by atoms with Gasteiger partial charge in [0.1, 0.15) is 11.3 Å². The largest absolute Gasteiger partial charge is 0.477 e. The average molecular weight is 268 g/mol. The number of hydrogen-bond acceptors (Lipinski definition) is 2. The van der Waals surface area contributed by atoms with Gasteiger partial charge in [-0.05, 0) is 12.2 Å². The molecular formula is C8H4F4N2O2S. The summed E-state index contributed by atoms with van der Waals surface area (Å²) in [7, 11) is 0. The number of anilines is 1. The van der Waals surface area contributed by atoms with Crippen LogP contribution in [0.2, 0.25) is 0 Å². The number of halogens is 4. The van der Waals surface area contributed by atoms with Crippen molar-refractivity contribution in [2.45, 2.75) is 0 Å². The molecule has 0 saturated carbocycles. The Bertz CT molecular complexity index is 492. The number of thiocarbonyl (C=S) groups is 1. The molecular weight excluding hydrogens is 264 g/mol. The minimum atomic E-state index is -2.14. The fourth-order valence-electron chi connectivity index (χ4n) is 1.05. The Morgan fingerprint density at radius 1 is 1.12 bits per heavy atom. The van der Waals surface area contributed by atoms with Gasteiger partial charge in [0.05, 0.1) is 0 Å². The van der Waals surface area contributed by atoms with Crippen molar-refractivity contribution in [3.8, 4) is 0 Å². The molecule has 0 atom stereocenters. The Labute approximate surface area is 97.0 Å². The van der Waals surface area contributed by atoms with E-state index in [2.05, 4.69) is 12.2 Å². The van der Waals surface area contributed by atoms with Gasteiger partial charge < -0.3 is 16.2 Å². The van der Waals surface area contributed by atoms with Crippen LogP contribution in [0.1, 0.15) is 10.4 Å². The molecule has 4 nitrogen and oxygen atoms in total. The van der Waals surface area contributed by atoms with Crippen LogP contribution in [0, 0.1) is 23.3 Å². The van der Waals surface area contributed by atoms with Gasteiger partial charge in [0, 0.05) is 0 Å². The summed E-state index contributed by atoms with van der Waals surface area (Å²) in [4.78, 5) is 10.4. The lowest BCUT2D eigenvalue weighted by atomic mass is 10.1. The SMILES string of the molecule is NC(=S)Nc1c(F)c(F)c(C(=O)O)c(F)c1F. The summed E-state index contributed by atoms with van der Waals surface area (Å²) in [5.74, 6) is -10.1. The second-order valence-electron chi connectivity index (χ2n) is 2.80. The van der Waals surface area contributed by atoms with Crippen molar-refractivity contribution in [3.05, 3.63) is 28.8 Å². The first-order valence-electron chi connectivity index (χ1n) is 3.93.